The molecule has 0 aromatic heterocycles. The van der Waals surface area contributed by atoms with E-state index in [0.29, 0.717) is 16.5 Å². The second kappa shape index (κ2) is 7.65. The van der Waals surface area contributed by atoms with E-state index in [1.54, 1.807) is 12.1 Å². The summed E-state index contributed by atoms with van der Waals surface area (Å²) in [4.78, 5) is 22.5. The van der Waals surface area contributed by atoms with Crippen LogP contribution >= 0.6 is 11.6 Å². The molecule has 1 N–H and O–H groups in total. The number of nitrogens with one attached hydrogen (secondary N) is 1. The van der Waals surface area contributed by atoms with Crippen molar-refractivity contribution < 1.29 is 19.2 Å². The van der Waals surface area contributed by atoms with Crippen LogP contribution in [0.5, 0.6) is 11.5 Å². The quantitative estimate of drug-likeness (QED) is 0.635. The van der Waals surface area contributed by atoms with Crippen molar-refractivity contribution in [3.8, 4) is 11.5 Å². The number of amides is 1. The smallest absolute Gasteiger partial charge is 0.296 e. The van der Waals surface area contributed by atoms with Crippen LogP contribution in [-0.4, -0.2) is 24.5 Å². The first-order valence-electron chi connectivity index (χ1n) is 6.92. The molecule has 2 aromatic carbocycles. The largest absolute Gasteiger partial charge is 0.496 e. The Hall–Kier alpha value is -2.80. The monoisotopic (exact) mass is 350 g/mol. The topological polar surface area (TPSA) is 90.7 Å². The summed E-state index contributed by atoms with van der Waals surface area (Å²) in [7, 11) is 1.40. The van der Waals surface area contributed by atoms with Crippen LogP contribution in [0, 0.1) is 17.0 Å². The molecule has 0 unspecified atom stereocenters. The number of anilines is 1. The summed E-state index contributed by atoms with van der Waals surface area (Å²) in [5, 5.41) is 13.9. The molecule has 24 heavy (non-hydrogen) atoms. The maximum atomic E-state index is 12.0. The Labute approximate surface area is 143 Å². The average Bonchev–Trinajstić information content (AvgIpc) is 2.55. The number of hydrogen-bond donors (Lipinski definition) is 1. The zero-order valence-electron chi connectivity index (χ0n) is 13.0. The van der Waals surface area contributed by atoms with Crippen LogP contribution in [0.2, 0.25) is 5.02 Å². The molecule has 2 rings (SSSR count). The number of halogens is 1. The predicted molar refractivity (Wildman–Crippen MR) is 90.0 cm³/mol. The van der Waals surface area contributed by atoms with Crippen molar-refractivity contribution in [2.75, 3.05) is 19.0 Å². The molecule has 0 saturated carbocycles. The predicted octanol–water partition coefficient (Wildman–Crippen LogP) is 3.58. The fourth-order valence-electron chi connectivity index (χ4n) is 1.95. The Morgan fingerprint density at radius 2 is 2.04 bits per heavy atom. The van der Waals surface area contributed by atoms with E-state index in [9.17, 15) is 14.9 Å². The third-order valence-electron chi connectivity index (χ3n) is 3.12. The molecule has 0 aliphatic heterocycles. The van der Waals surface area contributed by atoms with Crippen molar-refractivity contribution in [3.63, 3.8) is 0 Å². The Bertz CT molecular complexity index is 779. The molecule has 7 nitrogen and oxygen atoms in total. The Morgan fingerprint density at radius 1 is 1.29 bits per heavy atom. The lowest BCUT2D eigenvalue weighted by molar-refractivity contribution is -0.384. The number of rotatable bonds is 6. The van der Waals surface area contributed by atoms with Crippen LogP contribution < -0.4 is 14.8 Å². The maximum Gasteiger partial charge on any atom is 0.296 e. The lowest BCUT2D eigenvalue weighted by atomic mass is 10.2. The number of methoxy groups -OCH3 is 1. The van der Waals surface area contributed by atoms with Crippen LogP contribution in [0.1, 0.15) is 5.56 Å². The van der Waals surface area contributed by atoms with Gasteiger partial charge in [-0.1, -0.05) is 17.7 Å². The van der Waals surface area contributed by atoms with Gasteiger partial charge < -0.3 is 14.8 Å². The minimum absolute atomic E-state index is 0.0599. The van der Waals surface area contributed by atoms with Gasteiger partial charge in [0, 0.05) is 0 Å². The first-order chi connectivity index (χ1) is 11.4. The highest BCUT2D eigenvalue weighted by Gasteiger charge is 2.17. The summed E-state index contributed by atoms with van der Waals surface area (Å²) in [5.74, 6) is 0.152. The van der Waals surface area contributed by atoms with Crippen molar-refractivity contribution >= 4 is 28.9 Å². The van der Waals surface area contributed by atoms with Gasteiger partial charge in [-0.15, -0.1) is 0 Å². The van der Waals surface area contributed by atoms with E-state index in [-0.39, 0.29) is 18.0 Å². The molecule has 126 valence electrons. The van der Waals surface area contributed by atoms with Gasteiger partial charge >= 0.3 is 0 Å². The summed E-state index contributed by atoms with van der Waals surface area (Å²) in [6, 6.07) is 9.32. The molecule has 0 bridgehead atoms. The molecule has 0 fully saturated rings. The number of aryl methyl sites for hydroxylation is 1. The minimum Gasteiger partial charge on any atom is -0.496 e. The first kappa shape index (κ1) is 17.6. The Morgan fingerprint density at radius 3 is 2.71 bits per heavy atom. The second-order valence-electron chi connectivity index (χ2n) is 4.91. The van der Waals surface area contributed by atoms with Crippen molar-refractivity contribution in [3.05, 3.63) is 57.1 Å². The number of hydrogen-bond acceptors (Lipinski definition) is 5. The zero-order valence-corrected chi connectivity index (χ0v) is 13.8. The number of nitrogens with zero attached hydrogens (tertiary/aromatic N) is 1. The van der Waals surface area contributed by atoms with Gasteiger partial charge in [-0.2, -0.15) is 0 Å². The summed E-state index contributed by atoms with van der Waals surface area (Å²) in [6.45, 7) is 1.54. The highest BCUT2D eigenvalue weighted by atomic mass is 35.5. The van der Waals surface area contributed by atoms with Crippen molar-refractivity contribution in [1.29, 1.82) is 0 Å². The van der Waals surface area contributed by atoms with Gasteiger partial charge in [0.1, 0.15) is 17.2 Å². The molecule has 8 heteroatoms. The van der Waals surface area contributed by atoms with E-state index in [0.717, 1.165) is 5.56 Å². The third-order valence-corrected chi connectivity index (χ3v) is 3.43. The van der Waals surface area contributed by atoms with Crippen molar-refractivity contribution in [2.45, 2.75) is 6.92 Å². The SMILES string of the molecule is COc1ccc(NC(=O)COc2cc(C)ccc2Cl)c([N+](=O)[O-])c1. The molecule has 0 atom stereocenters. The fourth-order valence-corrected chi connectivity index (χ4v) is 2.12. The number of carbonyl (C=O) groups is 1. The van der Waals surface area contributed by atoms with Crippen LogP contribution in [0.25, 0.3) is 0 Å². The standard InChI is InChI=1S/C16H15ClN2O5/c1-10-3-5-12(17)15(7-10)24-9-16(20)18-13-6-4-11(23-2)8-14(13)19(21)22/h3-8H,9H2,1-2H3,(H,18,20). The van der Waals surface area contributed by atoms with Crippen LogP contribution in [0.4, 0.5) is 11.4 Å². The van der Waals surface area contributed by atoms with E-state index >= 15 is 0 Å². The number of nitro benzene ring substituents is 1. The van der Waals surface area contributed by atoms with Crippen LogP contribution in [0.3, 0.4) is 0 Å². The van der Waals surface area contributed by atoms with Gasteiger partial charge in [0.25, 0.3) is 11.6 Å². The molecule has 0 aliphatic rings. The third kappa shape index (κ3) is 4.36. The molecule has 0 radical (unpaired) electrons. The molecule has 0 spiro atoms. The lowest BCUT2D eigenvalue weighted by Gasteiger charge is -2.10. The first-order valence-corrected chi connectivity index (χ1v) is 7.29. The molecule has 0 aliphatic carbocycles. The summed E-state index contributed by atoms with van der Waals surface area (Å²) in [5.41, 5.74) is 0.724. The number of nitro groups is 1. The molecule has 0 heterocycles. The number of carbonyl (C=O) groups excluding carboxylic acids is 1. The van der Waals surface area contributed by atoms with Gasteiger partial charge in [0.2, 0.25) is 0 Å². The average molecular weight is 351 g/mol. The Balaban J connectivity index is 2.07. The zero-order chi connectivity index (χ0) is 17.7. The highest BCUT2D eigenvalue weighted by molar-refractivity contribution is 6.32. The fraction of sp³-hybridized carbons (Fsp3) is 0.188. The number of benzene rings is 2. The maximum absolute atomic E-state index is 12.0. The van der Waals surface area contributed by atoms with Crippen LogP contribution in [-0.2, 0) is 4.79 Å². The number of ether oxygens (including phenoxy) is 2. The van der Waals surface area contributed by atoms with E-state index < -0.39 is 10.8 Å². The van der Waals surface area contributed by atoms with E-state index in [2.05, 4.69) is 5.32 Å². The minimum atomic E-state index is -0.601. The van der Waals surface area contributed by atoms with Gasteiger partial charge in [-0.25, -0.2) is 0 Å². The summed E-state index contributed by atoms with van der Waals surface area (Å²) >= 11 is 5.98. The Kier molecular flexibility index (Phi) is 5.59. The van der Waals surface area contributed by atoms with Gasteiger partial charge in [-0.3, -0.25) is 14.9 Å². The second-order valence-corrected chi connectivity index (χ2v) is 5.32. The van der Waals surface area contributed by atoms with Crippen molar-refractivity contribution in [2.24, 2.45) is 0 Å². The molecule has 0 saturated heterocycles. The van der Waals surface area contributed by atoms with Crippen molar-refractivity contribution in [1.82, 2.24) is 0 Å². The molecular weight excluding hydrogens is 336 g/mol. The summed E-state index contributed by atoms with van der Waals surface area (Å²) in [6.07, 6.45) is 0. The molecule has 2 aromatic rings. The molecular formula is C16H15ClN2O5. The van der Waals surface area contributed by atoms with E-state index in [4.69, 9.17) is 21.1 Å². The van der Waals surface area contributed by atoms with E-state index in [1.165, 1.54) is 25.3 Å². The summed E-state index contributed by atoms with van der Waals surface area (Å²) < 4.78 is 10.3. The van der Waals surface area contributed by atoms with Crippen LogP contribution in [0.15, 0.2) is 36.4 Å². The highest BCUT2D eigenvalue weighted by Crippen LogP contribution is 2.29. The van der Waals surface area contributed by atoms with Gasteiger partial charge in [0.05, 0.1) is 23.1 Å². The lowest BCUT2D eigenvalue weighted by Crippen LogP contribution is -2.20. The van der Waals surface area contributed by atoms with E-state index in [1.807, 2.05) is 13.0 Å². The molecule has 1 amide bonds. The van der Waals surface area contributed by atoms with Gasteiger partial charge in [-0.05, 0) is 36.8 Å². The van der Waals surface area contributed by atoms with Gasteiger partial charge in [0.15, 0.2) is 6.61 Å². The normalized spacial score (nSPS) is 10.1.